The zero-order valence-electron chi connectivity index (χ0n) is 8.24. The predicted molar refractivity (Wildman–Crippen MR) is 63.4 cm³/mol. The third-order valence-corrected chi connectivity index (χ3v) is 3.35. The molecule has 1 aromatic rings. The Morgan fingerprint density at radius 3 is 2.87 bits per heavy atom. The summed E-state index contributed by atoms with van der Waals surface area (Å²) in [6.45, 7) is 1.85. The van der Waals surface area contributed by atoms with Gasteiger partial charge in [0.15, 0.2) is 0 Å². The molecule has 0 fully saturated rings. The van der Waals surface area contributed by atoms with Gasteiger partial charge in [-0.3, -0.25) is 4.79 Å². The van der Waals surface area contributed by atoms with Crippen LogP contribution < -0.4 is 5.73 Å². The molecule has 0 spiro atoms. The minimum absolute atomic E-state index is 0.0105. The molecular weight excluding hydrogens is 234 g/mol. The van der Waals surface area contributed by atoms with Crippen molar-refractivity contribution in [1.29, 1.82) is 0 Å². The van der Waals surface area contributed by atoms with Gasteiger partial charge in [-0.2, -0.15) is 0 Å². The Bertz CT molecular complexity index is 370. The van der Waals surface area contributed by atoms with Crippen LogP contribution in [0.25, 0.3) is 0 Å². The van der Waals surface area contributed by atoms with E-state index in [4.69, 9.17) is 22.4 Å². The van der Waals surface area contributed by atoms with Crippen molar-refractivity contribution in [1.82, 2.24) is 0 Å². The highest BCUT2D eigenvalue weighted by atomic mass is 35.5. The third-order valence-electron chi connectivity index (χ3n) is 1.75. The van der Waals surface area contributed by atoms with Gasteiger partial charge in [0, 0.05) is 15.8 Å². The number of thioether (sulfide) groups is 1. The summed E-state index contributed by atoms with van der Waals surface area (Å²) >= 11 is 7.40. The number of nitrogens with two attached hydrogens (primary N) is 1. The van der Waals surface area contributed by atoms with Crippen LogP contribution >= 0.6 is 23.4 Å². The number of aliphatic carboxylic acids is 1. The number of carbonyl (C=O) groups is 1. The molecule has 0 heterocycles. The van der Waals surface area contributed by atoms with Crippen molar-refractivity contribution in [3.8, 4) is 0 Å². The SMILES string of the molecule is CC(CC(=O)O)Sc1ccc(N)cc1Cl. The topological polar surface area (TPSA) is 63.3 Å². The average molecular weight is 246 g/mol. The molecule has 1 aromatic carbocycles. The van der Waals surface area contributed by atoms with Crippen molar-refractivity contribution in [3.63, 3.8) is 0 Å². The van der Waals surface area contributed by atoms with Crippen LogP contribution in [0.3, 0.4) is 0 Å². The van der Waals surface area contributed by atoms with E-state index in [1.54, 1.807) is 18.2 Å². The first-order chi connectivity index (χ1) is 6.99. The molecule has 0 aliphatic carbocycles. The van der Waals surface area contributed by atoms with E-state index < -0.39 is 5.97 Å². The molecular formula is C10H12ClNO2S. The maximum atomic E-state index is 10.5. The Hall–Kier alpha value is -0.870. The van der Waals surface area contributed by atoms with Crippen LogP contribution in [0.15, 0.2) is 23.1 Å². The van der Waals surface area contributed by atoms with Crippen molar-refractivity contribution in [3.05, 3.63) is 23.2 Å². The van der Waals surface area contributed by atoms with Crippen molar-refractivity contribution in [2.45, 2.75) is 23.5 Å². The van der Waals surface area contributed by atoms with Gasteiger partial charge in [0.25, 0.3) is 0 Å². The molecule has 0 aliphatic heterocycles. The number of hydrogen-bond donors (Lipinski definition) is 2. The minimum Gasteiger partial charge on any atom is -0.481 e. The molecule has 82 valence electrons. The minimum atomic E-state index is -0.804. The first-order valence-electron chi connectivity index (χ1n) is 4.42. The van der Waals surface area contributed by atoms with Crippen LogP contribution in [-0.2, 0) is 4.79 Å². The van der Waals surface area contributed by atoms with Crippen LogP contribution in [-0.4, -0.2) is 16.3 Å². The van der Waals surface area contributed by atoms with E-state index in [9.17, 15) is 4.79 Å². The third kappa shape index (κ3) is 4.01. The van der Waals surface area contributed by atoms with E-state index in [1.165, 1.54) is 11.8 Å². The lowest BCUT2D eigenvalue weighted by Crippen LogP contribution is -2.05. The number of benzene rings is 1. The van der Waals surface area contributed by atoms with Gasteiger partial charge in [0.2, 0.25) is 0 Å². The van der Waals surface area contributed by atoms with Gasteiger partial charge in [-0.05, 0) is 18.2 Å². The number of nitrogen functional groups attached to an aromatic ring is 1. The molecule has 1 rings (SSSR count). The lowest BCUT2D eigenvalue weighted by atomic mass is 10.3. The van der Waals surface area contributed by atoms with Crippen LogP contribution in [0.5, 0.6) is 0 Å². The first-order valence-corrected chi connectivity index (χ1v) is 5.68. The summed E-state index contributed by atoms with van der Waals surface area (Å²) in [6, 6.07) is 5.22. The van der Waals surface area contributed by atoms with Crippen molar-refractivity contribution >= 4 is 35.0 Å². The van der Waals surface area contributed by atoms with Gasteiger partial charge < -0.3 is 10.8 Å². The van der Waals surface area contributed by atoms with Crippen LogP contribution in [0.4, 0.5) is 5.69 Å². The number of anilines is 1. The Labute approximate surface area is 97.6 Å². The molecule has 5 heteroatoms. The molecule has 0 aromatic heterocycles. The number of rotatable bonds is 4. The Kier molecular flexibility index (Phi) is 4.29. The van der Waals surface area contributed by atoms with E-state index in [0.717, 1.165) is 4.90 Å². The van der Waals surface area contributed by atoms with Crippen LogP contribution in [0, 0.1) is 0 Å². The van der Waals surface area contributed by atoms with Crippen molar-refractivity contribution in [2.75, 3.05) is 5.73 Å². The molecule has 1 atom stereocenters. The van der Waals surface area contributed by atoms with Gasteiger partial charge >= 0.3 is 5.97 Å². The summed E-state index contributed by atoms with van der Waals surface area (Å²) in [5.41, 5.74) is 6.16. The number of carboxylic acids is 1. The van der Waals surface area contributed by atoms with E-state index >= 15 is 0 Å². The lowest BCUT2D eigenvalue weighted by Gasteiger charge is -2.10. The second kappa shape index (κ2) is 5.28. The maximum absolute atomic E-state index is 10.5. The summed E-state index contributed by atoms with van der Waals surface area (Å²) in [5.74, 6) is -0.804. The molecule has 0 aliphatic rings. The van der Waals surface area contributed by atoms with E-state index in [1.807, 2.05) is 6.92 Å². The normalized spacial score (nSPS) is 12.4. The fourth-order valence-corrected chi connectivity index (χ4v) is 2.42. The van der Waals surface area contributed by atoms with Crippen molar-refractivity contribution < 1.29 is 9.90 Å². The highest BCUT2D eigenvalue weighted by Gasteiger charge is 2.11. The van der Waals surface area contributed by atoms with Gasteiger partial charge in [-0.25, -0.2) is 0 Å². The standard InChI is InChI=1S/C10H12ClNO2S/c1-6(4-10(13)14)15-9-3-2-7(12)5-8(9)11/h2-3,5-6H,4,12H2,1H3,(H,13,14). The molecule has 15 heavy (non-hydrogen) atoms. The van der Waals surface area contributed by atoms with Gasteiger partial charge in [-0.1, -0.05) is 18.5 Å². The number of carboxylic acid groups (broad SMARTS) is 1. The molecule has 0 amide bonds. The second-order valence-electron chi connectivity index (χ2n) is 3.22. The second-order valence-corrected chi connectivity index (χ2v) is 5.10. The fraction of sp³-hybridized carbons (Fsp3) is 0.300. The van der Waals surface area contributed by atoms with E-state index in [-0.39, 0.29) is 11.7 Å². The monoisotopic (exact) mass is 245 g/mol. The fourth-order valence-electron chi connectivity index (χ4n) is 1.12. The van der Waals surface area contributed by atoms with Gasteiger partial charge in [0.05, 0.1) is 11.4 Å². The Morgan fingerprint density at radius 1 is 1.67 bits per heavy atom. The predicted octanol–water partition coefficient (Wildman–Crippen LogP) is 2.88. The molecule has 0 bridgehead atoms. The zero-order valence-corrected chi connectivity index (χ0v) is 9.81. The average Bonchev–Trinajstić information content (AvgIpc) is 2.08. The maximum Gasteiger partial charge on any atom is 0.304 e. The molecule has 0 radical (unpaired) electrons. The van der Waals surface area contributed by atoms with Crippen LogP contribution in [0.1, 0.15) is 13.3 Å². The highest BCUT2D eigenvalue weighted by molar-refractivity contribution is 8.00. The summed E-state index contributed by atoms with van der Waals surface area (Å²) < 4.78 is 0. The van der Waals surface area contributed by atoms with E-state index in [0.29, 0.717) is 10.7 Å². The summed E-state index contributed by atoms with van der Waals surface area (Å²) in [6.07, 6.45) is 0.116. The summed E-state index contributed by atoms with van der Waals surface area (Å²) in [7, 11) is 0. The Balaban J connectivity index is 2.68. The quantitative estimate of drug-likeness (QED) is 0.633. The number of hydrogen-bond acceptors (Lipinski definition) is 3. The van der Waals surface area contributed by atoms with Crippen LogP contribution in [0.2, 0.25) is 5.02 Å². The summed E-state index contributed by atoms with van der Waals surface area (Å²) in [4.78, 5) is 11.3. The molecule has 1 unspecified atom stereocenters. The molecule has 3 N–H and O–H groups in total. The zero-order chi connectivity index (χ0) is 11.4. The lowest BCUT2D eigenvalue weighted by molar-refractivity contribution is -0.136. The van der Waals surface area contributed by atoms with Crippen molar-refractivity contribution in [2.24, 2.45) is 0 Å². The largest absolute Gasteiger partial charge is 0.481 e. The molecule has 0 saturated carbocycles. The molecule has 3 nitrogen and oxygen atoms in total. The first kappa shape index (κ1) is 12.2. The smallest absolute Gasteiger partial charge is 0.304 e. The molecule has 0 saturated heterocycles. The van der Waals surface area contributed by atoms with Gasteiger partial charge in [0.1, 0.15) is 0 Å². The van der Waals surface area contributed by atoms with Gasteiger partial charge in [-0.15, -0.1) is 11.8 Å². The van der Waals surface area contributed by atoms with E-state index in [2.05, 4.69) is 0 Å². The Morgan fingerprint density at radius 2 is 2.33 bits per heavy atom. The number of halogens is 1. The summed E-state index contributed by atoms with van der Waals surface area (Å²) in [5, 5.41) is 9.17. The highest BCUT2D eigenvalue weighted by Crippen LogP contribution is 2.32.